The molecule has 7 nitrogen and oxygen atoms in total. The quantitative estimate of drug-likeness (QED) is 0.545. The Bertz CT molecular complexity index is 1250. The van der Waals surface area contributed by atoms with Gasteiger partial charge in [0.1, 0.15) is 11.2 Å². The molecule has 2 heterocycles. The molecule has 0 spiro atoms. The maximum absolute atomic E-state index is 13.1. The molecule has 0 saturated heterocycles. The lowest BCUT2D eigenvalue weighted by molar-refractivity contribution is -0.116. The highest BCUT2D eigenvalue weighted by Gasteiger charge is 2.12. The van der Waals surface area contributed by atoms with Crippen molar-refractivity contribution in [2.24, 2.45) is 0 Å². The Labute approximate surface area is 169 Å². The van der Waals surface area contributed by atoms with Crippen molar-refractivity contribution in [2.75, 3.05) is 5.32 Å². The fourth-order valence-electron chi connectivity index (χ4n) is 2.89. The van der Waals surface area contributed by atoms with Crippen LogP contribution >= 0.6 is 11.6 Å². The molecule has 4 aromatic rings. The molecule has 1 N–H and O–H groups in total. The summed E-state index contributed by atoms with van der Waals surface area (Å²) in [4.78, 5) is 29.1. The van der Waals surface area contributed by atoms with E-state index in [1.165, 1.54) is 33.9 Å². The second-order valence-corrected chi connectivity index (χ2v) is 6.76. The van der Waals surface area contributed by atoms with Crippen LogP contribution in [0, 0.1) is 5.82 Å². The third-order valence-electron chi connectivity index (χ3n) is 4.31. The Kier molecular flexibility index (Phi) is 5.09. The van der Waals surface area contributed by atoms with Crippen molar-refractivity contribution in [3.63, 3.8) is 0 Å². The van der Waals surface area contributed by atoms with E-state index in [1.807, 2.05) is 0 Å². The first-order chi connectivity index (χ1) is 14.0. The van der Waals surface area contributed by atoms with Crippen molar-refractivity contribution in [1.82, 2.24) is 19.3 Å². The highest BCUT2D eigenvalue weighted by atomic mass is 35.5. The first-order valence-corrected chi connectivity index (χ1v) is 9.13. The molecule has 4 rings (SSSR count). The lowest BCUT2D eigenvalue weighted by Crippen LogP contribution is -2.23. The summed E-state index contributed by atoms with van der Waals surface area (Å²) in [6, 6.07) is 12.5. The number of carbonyl (C=O) groups excluding carboxylic acids is 1. The summed E-state index contributed by atoms with van der Waals surface area (Å²) < 4.78 is 16.0. The van der Waals surface area contributed by atoms with Gasteiger partial charge in [-0.15, -0.1) is 0 Å². The maximum atomic E-state index is 13.1. The van der Waals surface area contributed by atoms with Crippen LogP contribution in [-0.2, 0) is 11.3 Å². The zero-order valence-corrected chi connectivity index (χ0v) is 15.8. The minimum Gasteiger partial charge on any atom is -0.326 e. The number of aromatic nitrogens is 4. The molecule has 0 radical (unpaired) electrons. The largest absolute Gasteiger partial charge is 0.326 e. The van der Waals surface area contributed by atoms with Crippen molar-refractivity contribution in [1.29, 1.82) is 0 Å². The predicted octanol–water partition coefficient (Wildman–Crippen LogP) is 3.40. The molecule has 0 fully saturated rings. The van der Waals surface area contributed by atoms with Crippen LogP contribution in [0.5, 0.6) is 0 Å². The fourth-order valence-corrected chi connectivity index (χ4v) is 3.08. The van der Waals surface area contributed by atoms with Gasteiger partial charge in [-0.2, -0.15) is 5.10 Å². The van der Waals surface area contributed by atoms with E-state index in [2.05, 4.69) is 15.4 Å². The van der Waals surface area contributed by atoms with Gasteiger partial charge in [0, 0.05) is 23.7 Å². The monoisotopic (exact) mass is 411 g/mol. The van der Waals surface area contributed by atoms with E-state index in [1.54, 1.807) is 36.4 Å². The topological polar surface area (TPSA) is 81.8 Å². The number of nitrogens with one attached hydrogen (secondary N) is 1. The first-order valence-electron chi connectivity index (χ1n) is 8.76. The second-order valence-electron chi connectivity index (χ2n) is 6.32. The Morgan fingerprint density at radius 3 is 2.72 bits per heavy atom. The molecular formula is C20H15ClFN5O2. The number of amides is 1. The molecule has 9 heteroatoms. The average Bonchev–Trinajstić information content (AvgIpc) is 3.13. The molecule has 0 saturated carbocycles. The van der Waals surface area contributed by atoms with Gasteiger partial charge < -0.3 is 5.32 Å². The third-order valence-corrected chi connectivity index (χ3v) is 4.55. The summed E-state index contributed by atoms with van der Waals surface area (Å²) in [6.45, 7) is 0.163. The number of hydrogen-bond donors (Lipinski definition) is 1. The summed E-state index contributed by atoms with van der Waals surface area (Å²) in [5, 5.41) is 7.75. The summed E-state index contributed by atoms with van der Waals surface area (Å²) in [7, 11) is 0. The number of carbonyl (C=O) groups is 1. The molecule has 2 aromatic carbocycles. The van der Waals surface area contributed by atoms with Crippen LogP contribution in [0.1, 0.15) is 6.42 Å². The van der Waals surface area contributed by atoms with Crippen molar-refractivity contribution in [2.45, 2.75) is 13.0 Å². The van der Waals surface area contributed by atoms with Crippen molar-refractivity contribution >= 4 is 34.2 Å². The third kappa shape index (κ3) is 4.02. The van der Waals surface area contributed by atoms with Crippen LogP contribution in [0.25, 0.3) is 16.7 Å². The molecule has 0 bridgehead atoms. The van der Waals surface area contributed by atoms with Crippen LogP contribution in [0.3, 0.4) is 0 Å². The predicted molar refractivity (Wildman–Crippen MR) is 108 cm³/mol. The molecule has 29 heavy (non-hydrogen) atoms. The number of aryl methyl sites for hydroxylation is 1. The SMILES string of the molecule is O=C(CCn1cnc2c(cnn2-c2ccc(F)cc2)c1=O)Nc1cccc(Cl)c1. The maximum Gasteiger partial charge on any atom is 0.264 e. The smallest absolute Gasteiger partial charge is 0.264 e. The van der Waals surface area contributed by atoms with E-state index in [9.17, 15) is 14.0 Å². The highest BCUT2D eigenvalue weighted by Crippen LogP contribution is 2.16. The van der Waals surface area contributed by atoms with Gasteiger partial charge in [0.25, 0.3) is 5.56 Å². The number of anilines is 1. The van der Waals surface area contributed by atoms with Gasteiger partial charge in [0.15, 0.2) is 5.65 Å². The number of nitrogens with zero attached hydrogens (tertiary/aromatic N) is 4. The summed E-state index contributed by atoms with van der Waals surface area (Å²) >= 11 is 5.90. The Morgan fingerprint density at radius 1 is 1.17 bits per heavy atom. The van der Waals surface area contributed by atoms with Crippen molar-refractivity contribution < 1.29 is 9.18 Å². The van der Waals surface area contributed by atoms with Crippen LogP contribution in [0.15, 0.2) is 65.8 Å². The molecule has 146 valence electrons. The van der Waals surface area contributed by atoms with Gasteiger partial charge in [-0.05, 0) is 42.5 Å². The van der Waals surface area contributed by atoms with E-state index < -0.39 is 0 Å². The summed E-state index contributed by atoms with van der Waals surface area (Å²) in [6.07, 6.45) is 2.88. The minimum absolute atomic E-state index is 0.0890. The molecule has 0 aliphatic carbocycles. The van der Waals surface area contributed by atoms with Crippen LogP contribution < -0.4 is 10.9 Å². The fraction of sp³-hybridized carbons (Fsp3) is 0.100. The van der Waals surface area contributed by atoms with E-state index in [0.717, 1.165) is 0 Å². The summed E-state index contributed by atoms with van der Waals surface area (Å²) in [5.41, 5.74) is 1.23. The van der Waals surface area contributed by atoms with E-state index in [0.29, 0.717) is 27.4 Å². The molecule has 0 atom stereocenters. The zero-order valence-electron chi connectivity index (χ0n) is 15.0. The average molecular weight is 412 g/mol. The van der Waals surface area contributed by atoms with Gasteiger partial charge in [-0.1, -0.05) is 17.7 Å². The first kappa shape index (κ1) is 18.8. The Hall–Kier alpha value is -3.52. The van der Waals surface area contributed by atoms with Crippen molar-refractivity contribution in [3.8, 4) is 5.69 Å². The number of hydrogen-bond acceptors (Lipinski definition) is 4. The number of fused-ring (bicyclic) bond motifs is 1. The number of benzene rings is 2. The molecule has 0 unspecified atom stereocenters. The lowest BCUT2D eigenvalue weighted by Gasteiger charge is -2.08. The van der Waals surface area contributed by atoms with Crippen LogP contribution in [-0.4, -0.2) is 25.2 Å². The van der Waals surface area contributed by atoms with E-state index in [4.69, 9.17) is 11.6 Å². The Balaban J connectivity index is 1.51. The van der Waals surface area contributed by atoms with Gasteiger partial charge in [-0.3, -0.25) is 14.2 Å². The lowest BCUT2D eigenvalue weighted by atomic mass is 10.3. The Morgan fingerprint density at radius 2 is 1.97 bits per heavy atom. The highest BCUT2D eigenvalue weighted by molar-refractivity contribution is 6.30. The molecule has 2 aromatic heterocycles. The molecule has 0 aliphatic heterocycles. The zero-order chi connectivity index (χ0) is 20.4. The van der Waals surface area contributed by atoms with E-state index >= 15 is 0 Å². The van der Waals surface area contributed by atoms with Gasteiger partial charge in [-0.25, -0.2) is 14.1 Å². The van der Waals surface area contributed by atoms with Gasteiger partial charge >= 0.3 is 0 Å². The van der Waals surface area contributed by atoms with Crippen LogP contribution in [0.2, 0.25) is 5.02 Å². The van der Waals surface area contributed by atoms with Gasteiger partial charge in [0.05, 0.1) is 18.2 Å². The minimum atomic E-state index is -0.364. The van der Waals surface area contributed by atoms with Crippen LogP contribution in [0.4, 0.5) is 10.1 Å². The molecule has 1 amide bonds. The number of halogens is 2. The van der Waals surface area contributed by atoms with Crippen molar-refractivity contribution in [3.05, 3.63) is 82.2 Å². The van der Waals surface area contributed by atoms with Gasteiger partial charge in [0.2, 0.25) is 5.91 Å². The standard InChI is InChI=1S/C20H15ClFN5O2/c21-13-2-1-3-15(10-13)25-18(28)8-9-26-12-23-19-17(20(26)29)11-24-27(19)16-6-4-14(22)5-7-16/h1-7,10-12H,8-9H2,(H,25,28). The normalized spacial score (nSPS) is 11.0. The van der Waals surface area contributed by atoms with E-state index in [-0.39, 0.29) is 30.2 Å². The second kappa shape index (κ2) is 7.84. The molecule has 0 aliphatic rings. The molecular weight excluding hydrogens is 397 g/mol. The summed E-state index contributed by atoms with van der Waals surface area (Å²) in [5.74, 6) is -0.613. The number of rotatable bonds is 5.